The average molecular weight is 263 g/mol. The van der Waals surface area contributed by atoms with E-state index in [4.69, 9.17) is 4.99 Å². The van der Waals surface area contributed by atoms with Crippen molar-refractivity contribution >= 4 is 5.96 Å². The number of aromatic nitrogens is 2. The molecule has 2 heterocycles. The molecule has 0 radical (unpaired) electrons. The van der Waals surface area contributed by atoms with Crippen LogP contribution >= 0.6 is 0 Å². The smallest absolute Gasteiger partial charge is 0.194 e. The molecule has 5 heteroatoms. The molecule has 2 rings (SSSR count). The zero-order valence-electron chi connectivity index (χ0n) is 12.2. The molecule has 1 aromatic heterocycles. The van der Waals surface area contributed by atoms with Gasteiger partial charge in [0.1, 0.15) is 0 Å². The molecule has 5 nitrogen and oxygen atoms in total. The molecule has 2 unspecified atom stereocenters. The van der Waals surface area contributed by atoms with E-state index in [0.29, 0.717) is 6.54 Å². The first-order valence-corrected chi connectivity index (χ1v) is 7.20. The molecule has 1 aliphatic heterocycles. The van der Waals surface area contributed by atoms with Crippen molar-refractivity contribution < 1.29 is 0 Å². The van der Waals surface area contributed by atoms with Crippen LogP contribution in [0, 0.1) is 11.8 Å². The Hall–Kier alpha value is -1.52. The molecule has 1 aliphatic rings. The van der Waals surface area contributed by atoms with Crippen LogP contribution in [0.15, 0.2) is 17.3 Å². The minimum Gasteiger partial charge on any atom is -0.357 e. The molecule has 1 aromatic rings. The molecule has 0 bridgehead atoms. The fourth-order valence-electron chi connectivity index (χ4n) is 2.79. The first kappa shape index (κ1) is 13.9. The number of nitrogens with one attached hydrogen (secondary N) is 2. The van der Waals surface area contributed by atoms with Gasteiger partial charge in [-0.2, -0.15) is 5.10 Å². The maximum Gasteiger partial charge on any atom is 0.194 e. The van der Waals surface area contributed by atoms with E-state index in [1.807, 2.05) is 6.07 Å². The zero-order valence-corrected chi connectivity index (χ0v) is 12.2. The number of rotatable bonds is 3. The van der Waals surface area contributed by atoms with Gasteiger partial charge < -0.3 is 10.2 Å². The number of piperidine rings is 1. The van der Waals surface area contributed by atoms with E-state index < -0.39 is 0 Å². The van der Waals surface area contributed by atoms with Crippen LogP contribution in [0.2, 0.25) is 0 Å². The van der Waals surface area contributed by atoms with E-state index in [1.165, 1.54) is 6.42 Å². The summed E-state index contributed by atoms with van der Waals surface area (Å²) in [5.41, 5.74) is 1.05. The van der Waals surface area contributed by atoms with Crippen LogP contribution in [0.1, 0.15) is 32.9 Å². The summed E-state index contributed by atoms with van der Waals surface area (Å²) in [4.78, 5) is 7.10. The maximum atomic E-state index is 4.71. The van der Waals surface area contributed by atoms with E-state index in [2.05, 4.69) is 41.2 Å². The lowest BCUT2D eigenvalue weighted by molar-refractivity contribution is 0.208. The summed E-state index contributed by atoms with van der Waals surface area (Å²) in [7, 11) is 0. The average Bonchev–Trinajstić information content (AvgIpc) is 2.86. The van der Waals surface area contributed by atoms with Gasteiger partial charge in [0.25, 0.3) is 0 Å². The molecule has 0 amide bonds. The van der Waals surface area contributed by atoms with Gasteiger partial charge in [0, 0.05) is 25.8 Å². The van der Waals surface area contributed by atoms with Gasteiger partial charge in [0.05, 0.1) is 12.2 Å². The summed E-state index contributed by atoms with van der Waals surface area (Å²) in [6, 6.07) is 1.97. The van der Waals surface area contributed by atoms with E-state index in [9.17, 15) is 0 Å². The van der Waals surface area contributed by atoms with Crippen LogP contribution in [-0.4, -0.2) is 40.7 Å². The molecule has 1 fully saturated rings. The molecular formula is C14H25N5. The summed E-state index contributed by atoms with van der Waals surface area (Å²) in [6.07, 6.45) is 3.08. The van der Waals surface area contributed by atoms with Crippen LogP contribution in [0.4, 0.5) is 0 Å². The van der Waals surface area contributed by atoms with Gasteiger partial charge in [-0.25, -0.2) is 4.99 Å². The number of likely N-dealkylation sites (tertiary alicyclic amines) is 1. The van der Waals surface area contributed by atoms with E-state index in [1.54, 1.807) is 6.20 Å². The highest BCUT2D eigenvalue weighted by atomic mass is 15.3. The lowest BCUT2D eigenvalue weighted by Crippen LogP contribution is -2.48. The first-order valence-electron chi connectivity index (χ1n) is 7.20. The predicted octanol–water partition coefficient (Wildman–Crippen LogP) is 1.85. The molecule has 0 aromatic carbocycles. The Morgan fingerprint density at radius 1 is 1.47 bits per heavy atom. The standard InChI is InChI=1S/C14H25N5/c1-4-15-14(16-8-13-5-6-17-18-13)19-9-11(2)7-12(3)10-19/h5-6,11-12H,4,7-10H2,1-3H3,(H,15,16)(H,17,18). The fraction of sp³-hybridized carbons (Fsp3) is 0.714. The number of nitrogens with zero attached hydrogens (tertiary/aromatic N) is 3. The Bertz CT molecular complexity index is 388. The van der Waals surface area contributed by atoms with Gasteiger partial charge in [-0.05, 0) is 31.2 Å². The van der Waals surface area contributed by atoms with Crippen LogP contribution in [0.25, 0.3) is 0 Å². The summed E-state index contributed by atoms with van der Waals surface area (Å²) < 4.78 is 0. The van der Waals surface area contributed by atoms with E-state index in [0.717, 1.165) is 43.1 Å². The quantitative estimate of drug-likeness (QED) is 0.646. The molecular weight excluding hydrogens is 238 g/mol. The Kier molecular flexibility index (Phi) is 4.82. The second-order valence-corrected chi connectivity index (χ2v) is 5.60. The summed E-state index contributed by atoms with van der Waals surface area (Å²) in [5, 5.41) is 10.3. The Morgan fingerprint density at radius 3 is 2.79 bits per heavy atom. The van der Waals surface area contributed by atoms with Crippen LogP contribution in [0.5, 0.6) is 0 Å². The Balaban J connectivity index is 2.03. The van der Waals surface area contributed by atoms with Crippen LogP contribution < -0.4 is 5.32 Å². The maximum absolute atomic E-state index is 4.71. The van der Waals surface area contributed by atoms with Gasteiger partial charge >= 0.3 is 0 Å². The lowest BCUT2D eigenvalue weighted by atomic mass is 9.92. The number of aromatic amines is 1. The van der Waals surface area contributed by atoms with Gasteiger partial charge in [-0.1, -0.05) is 13.8 Å². The van der Waals surface area contributed by atoms with Crippen molar-refractivity contribution in [2.45, 2.75) is 33.7 Å². The van der Waals surface area contributed by atoms with Gasteiger partial charge in [-0.3, -0.25) is 5.10 Å². The summed E-state index contributed by atoms with van der Waals surface area (Å²) in [6.45, 7) is 10.5. The molecule has 0 aliphatic carbocycles. The highest BCUT2D eigenvalue weighted by Crippen LogP contribution is 2.20. The molecule has 0 saturated carbocycles. The van der Waals surface area contributed by atoms with Crippen molar-refractivity contribution in [2.75, 3.05) is 19.6 Å². The minimum absolute atomic E-state index is 0.654. The third-order valence-electron chi connectivity index (χ3n) is 3.46. The van der Waals surface area contributed by atoms with Crippen molar-refractivity contribution in [1.29, 1.82) is 0 Å². The molecule has 0 spiro atoms. The third kappa shape index (κ3) is 3.98. The van der Waals surface area contributed by atoms with Crippen molar-refractivity contribution in [3.05, 3.63) is 18.0 Å². The summed E-state index contributed by atoms with van der Waals surface area (Å²) >= 11 is 0. The van der Waals surface area contributed by atoms with Gasteiger partial charge in [0.2, 0.25) is 0 Å². The van der Waals surface area contributed by atoms with E-state index in [-0.39, 0.29) is 0 Å². The van der Waals surface area contributed by atoms with Crippen molar-refractivity contribution in [1.82, 2.24) is 20.4 Å². The summed E-state index contributed by atoms with van der Waals surface area (Å²) in [5.74, 6) is 2.50. The molecule has 2 N–H and O–H groups in total. The normalized spacial score (nSPS) is 24.6. The highest BCUT2D eigenvalue weighted by Gasteiger charge is 2.23. The van der Waals surface area contributed by atoms with E-state index >= 15 is 0 Å². The number of guanidine groups is 1. The Labute approximate surface area is 115 Å². The SMILES string of the molecule is CCNC(=NCc1ccn[nH]1)N1CC(C)CC(C)C1. The van der Waals surface area contributed by atoms with Crippen molar-refractivity contribution in [2.24, 2.45) is 16.8 Å². The number of H-pyrrole nitrogens is 1. The fourth-order valence-corrected chi connectivity index (χ4v) is 2.79. The molecule has 106 valence electrons. The second-order valence-electron chi connectivity index (χ2n) is 5.60. The van der Waals surface area contributed by atoms with Crippen LogP contribution in [0.3, 0.4) is 0 Å². The molecule has 19 heavy (non-hydrogen) atoms. The first-order chi connectivity index (χ1) is 9.19. The van der Waals surface area contributed by atoms with Gasteiger partial charge in [-0.15, -0.1) is 0 Å². The van der Waals surface area contributed by atoms with Crippen LogP contribution in [-0.2, 0) is 6.54 Å². The minimum atomic E-state index is 0.654. The zero-order chi connectivity index (χ0) is 13.7. The molecule has 1 saturated heterocycles. The highest BCUT2D eigenvalue weighted by molar-refractivity contribution is 5.80. The monoisotopic (exact) mass is 263 g/mol. The Morgan fingerprint density at radius 2 is 2.21 bits per heavy atom. The predicted molar refractivity (Wildman–Crippen MR) is 77.9 cm³/mol. The third-order valence-corrected chi connectivity index (χ3v) is 3.46. The second kappa shape index (κ2) is 6.59. The largest absolute Gasteiger partial charge is 0.357 e. The van der Waals surface area contributed by atoms with Crippen molar-refractivity contribution in [3.63, 3.8) is 0 Å². The molecule has 2 atom stereocenters. The van der Waals surface area contributed by atoms with Gasteiger partial charge in [0.15, 0.2) is 5.96 Å². The number of hydrogen-bond acceptors (Lipinski definition) is 2. The topological polar surface area (TPSA) is 56.3 Å². The lowest BCUT2D eigenvalue weighted by Gasteiger charge is -2.37. The van der Waals surface area contributed by atoms with Crippen molar-refractivity contribution in [3.8, 4) is 0 Å². The number of aliphatic imine (C=N–C) groups is 1. The number of hydrogen-bond donors (Lipinski definition) is 2.